The first-order valence-electron chi connectivity index (χ1n) is 6.17. The van der Waals surface area contributed by atoms with Crippen LogP contribution < -0.4 is 9.47 Å². The van der Waals surface area contributed by atoms with E-state index in [1.807, 2.05) is 6.92 Å². The van der Waals surface area contributed by atoms with Gasteiger partial charge in [-0.15, -0.1) is 0 Å². The third-order valence-electron chi connectivity index (χ3n) is 2.41. The van der Waals surface area contributed by atoms with Crippen molar-refractivity contribution in [2.24, 2.45) is 0 Å². The van der Waals surface area contributed by atoms with Crippen LogP contribution in [-0.4, -0.2) is 21.5 Å². The van der Waals surface area contributed by atoms with E-state index in [4.69, 9.17) is 21.1 Å². The molecule has 1 aromatic heterocycles. The van der Waals surface area contributed by atoms with Gasteiger partial charge in [-0.2, -0.15) is 4.98 Å². The molecule has 1 aromatic carbocycles. The molecule has 0 atom stereocenters. The predicted molar refractivity (Wildman–Crippen MR) is 76.0 cm³/mol. The smallest absolute Gasteiger partial charge is 0.349 e. The zero-order valence-corrected chi connectivity index (χ0v) is 11.9. The van der Waals surface area contributed by atoms with Crippen LogP contribution in [0.2, 0.25) is 5.28 Å². The number of benzene rings is 1. The highest BCUT2D eigenvalue weighted by atomic mass is 35.5. The summed E-state index contributed by atoms with van der Waals surface area (Å²) in [4.78, 5) is 17.5. The zero-order valence-electron chi connectivity index (χ0n) is 11.2. The second-order valence-corrected chi connectivity index (χ2v) is 4.35. The van der Waals surface area contributed by atoms with E-state index in [1.54, 1.807) is 24.3 Å². The standard InChI is InChI=1S/C13H12ClN3O4/c1-2-7-20-9-3-5-10(6-4-9)21-12-11(17(18)19)8-15-13(14)16-12/h3-6,8H,2,7H2,1H3. The van der Waals surface area contributed by atoms with Crippen molar-refractivity contribution in [3.05, 3.63) is 45.9 Å². The summed E-state index contributed by atoms with van der Waals surface area (Å²) in [6.07, 6.45) is 1.91. The SMILES string of the molecule is CCCOc1ccc(Oc2nc(Cl)ncc2[N+](=O)[O-])cc1. The van der Waals surface area contributed by atoms with Crippen molar-refractivity contribution < 1.29 is 14.4 Å². The molecule has 0 saturated heterocycles. The van der Waals surface area contributed by atoms with Crippen LogP contribution >= 0.6 is 11.6 Å². The predicted octanol–water partition coefficient (Wildman–Crippen LogP) is 3.62. The van der Waals surface area contributed by atoms with Crippen molar-refractivity contribution in [3.8, 4) is 17.4 Å². The molecule has 0 N–H and O–H groups in total. The Morgan fingerprint density at radius 3 is 2.57 bits per heavy atom. The van der Waals surface area contributed by atoms with Crippen molar-refractivity contribution in [2.45, 2.75) is 13.3 Å². The van der Waals surface area contributed by atoms with Gasteiger partial charge in [-0.3, -0.25) is 10.1 Å². The van der Waals surface area contributed by atoms with Gasteiger partial charge in [0.15, 0.2) is 0 Å². The summed E-state index contributed by atoms with van der Waals surface area (Å²) in [6, 6.07) is 6.68. The number of hydrogen-bond acceptors (Lipinski definition) is 6. The molecule has 0 radical (unpaired) electrons. The Bertz CT molecular complexity index is 634. The van der Waals surface area contributed by atoms with Crippen molar-refractivity contribution in [3.63, 3.8) is 0 Å². The Labute approximate surface area is 125 Å². The van der Waals surface area contributed by atoms with Gasteiger partial charge in [0, 0.05) is 0 Å². The maximum absolute atomic E-state index is 10.9. The number of halogens is 1. The lowest BCUT2D eigenvalue weighted by molar-refractivity contribution is -0.386. The number of nitro groups is 1. The van der Waals surface area contributed by atoms with E-state index in [9.17, 15) is 10.1 Å². The first-order chi connectivity index (χ1) is 10.1. The van der Waals surface area contributed by atoms with Gasteiger partial charge in [0.05, 0.1) is 11.5 Å². The van der Waals surface area contributed by atoms with Gasteiger partial charge in [-0.05, 0) is 42.3 Å². The molecule has 0 spiro atoms. The van der Waals surface area contributed by atoms with Crippen molar-refractivity contribution in [2.75, 3.05) is 6.61 Å². The minimum atomic E-state index is -0.635. The zero-order chi connectivity index (χ0) is 15.2. The fourth-order valence-electron chi connectivity index (χ4n) is 1.48. The number of nitrogens with zero attached hydrogens (tertiary/aromatic N) is 3. The van der Waals surface area contributed by atoms with E-state index in [0.717, 1.165) is 12.6 Å². The molecule has 110 valence electrons. The van der Waals surface area contributed by atoms with Gasteiger partial charge in [0.1, 0.15) is 17.7 Å². The molecule has 0 fully saturated rings. The number of rotatable bonds is 6. The molecule has 1 heterocycles. The van der Waals surface area contributed by atoms with Crippen LogP contribution in [-0.2, 0) is 0 Å². The Balaban J connectivity index is 2.18. The molecule has 0 aliphatic carbocycles. The van der Waals surface area contributed by atoms with Crippen LogP contribution in [0.1, 0.15) is 13.3 Å². The van der Waals surface area contributed by atoms with Gasteiger partial charge in [-0.1, -0.05) is 6.92 Å². The topological polar surface area (TPSA) is 87.4 Å². The highest BCUT2D eigenvalue weighted by molar-refractivity contribution is 6.28. The van der Waals surface area contributed by atoms with Crippen LogP contribution in [0, 0.1) is 10.1 Å². The van der Waals surface area contributed by atoms with E-state index in [0.29, 0.717) is 18.1 Å². The molecule has 2 rings (SSSR count). The van der Waals surface area contributed by atoms with Gasteiger partial charge in [0.25, 0.3) is 0 Å². The van der Waals surface area contributed by atoms with Gasteiger partial charge < -0.3 is 9.47 Å². The lowest BCUT2D eigenvalue weighted by atomic mass is 10.3. The minimum Gasteiger partial charge on any atom is -0.494 e. The summed E-state index contributed by atoms with van der Waals surface area (Å²) in [5.41, 5.74) is -0.356. The number of ether oxygens (including phenoxy) is 2. The van der Waals surface area contributed by atoms with Gasteiger partial charge >= 0.3 is 11.6 Å². The Morgan fingerprint density at radius 1 is 1.29 bits per heavy atom. The molecule has 2 aromatic rings. The van der Waals surface area contributed by atoms with Crippen LogP contribution in [0.4, 0.5) is 5.69 Å². The fraction of sp³-hybridized carbons (Fsp3) is 0.231. The molecule has 0 saturated carbocycles. The lowest BCUT2D eigenvalue weighted by Gasteiger charge is -2.07. The highest BCUT2D eigenvalue weighted by Crippen LogP contribution is 2.30. The Kier molecular flexibility index (Phi) is 4.89. The van der Waals surface area contributed by atoms with Gasteiger partial charge in [0.2, 0.25) is 5.28 Å². The summed E-state index contributed by atoms with van der Waals surface area (Å²) in [6.45, 7) is 2.63. The number of aromatic nitrogens is 2. The quantitative estimate of drug-likeness (QED) is 0.460. The summed E-state index contributed by atoms with van der Waals surface area (Å²) in [5, 5.41) is 10.8. The maximum Gasteiger partial charge on any atom is 0.349 e. The van der Waals surface area contributed by atoms with Crippen LogP contribution in [0.5, 0.6) is 17.4 Å². The molecule has 8 heteroatoms. The molecule has 0 aliphatic heterocycles. The van der Waals surface area contributed by atoms with Crippen LogP contribution in [0.25, 0.3) is 0 Å². The lowest BCUT2D eigenvalue weighted by Crippen LogP contribution is -1.98. The monoisotopic (exact) mass is 309 g/mol. The second-order valence-electron chi connectivity index (χ2n) is 4.01. The van der Waals surface area contributed by atoms with E-state index in [2.05, 4.69) is 9.97 Å². The van der Waals surface area contributed by atoms with E-state index in [-0.39, 0.29) is 16.9 Å². The summed E-state index contributed by atoms with van der Waals surface area (Å²) >= 11 is 5.63. The average molecular weight is 310 g/mol. The first kappa shape index (κ1) is 15.0. The summed E-state index contributed by atoms with van der Waals surface area (Å²) in [5.74, 6) is 0.873. The Hall–Kier alpha value is -2.41. The largest absolute Gasteiger partial charge is 0.494 e. The van der Waals surface area contributed by atoms with E-state index < -0.39 is 4.92 Å². The summed E-state index contributed by atoms with van der Waals surface area (Å²) < 4.78 is 10.8. The van der Waals surface area contributed by atoms with Crippen molar-refractivity contribution in [1.29, 1.82) is 0 Å². The van der Waals surface area contributed by atoms with Crippen molar-refractivity contribution in [1.82, 2.24) is 9.97 Å². The maximum atomic E-state index is 10.9. The first-order valence-corrected chi connectivity index (χ1v) is 6.55. The molecular formula is C13H12ClN3O4. The third kappa shape index (κ3) is 4.03. The third-order valence-corrected chi connectivity index (χ3v) is 2.60. The molecule has 0 bridgehead atoms. The molecule has 0 amide bonds. The normalized spacial score (nSPS) is 10.2. The number of hydrogen-bond donors (Lipinski definition) is 0. The fourth-order valence-corrected chi connectivity index (χ4v) is 1.60. The van der Waals surface area contributed by atoms with Crippen LogP contribution in [0.15, 0.2) is 30.5 Å². The van der Waals surface area contributed by atoms with E-state index in [1.165, 1.54) is 0 Å². The molecule has 7 nitrogen and oxygen atoms in total. The molecule has 21 heavy (non-hydrogen) atoms. The highest BCUT2D eigenvalue weighted by Gasteiger charge is 2.19. The summed E-state index contributed by atoms with van der Waals surface area (Å²) in [7, 11) is 0. The van der Waals surface area contributed by atoms with Crippen LogP contribution in [0.3, 0.4) is 0 Å². The molecular weight excluding hydrogens is 298 g/mol. The Morgan fingerprint density at radius 2 is 1.95 bits per heavy atom. The minimum absolute atomic E-state index is 0.126. The second kappa shape index (κ2) is 6.85. The molecule has 0 unspecified atom stereocenters. The van der Waals surface area contributed by atoms with E-state index >= 15 is 0 Å². The molecule has 0 aliphatic rings. The van der Waals surface area contributed by atoms with Crippen molar-refractivity contribution >= 4 is 17.3 Å². The van der Waals surface area contributed by atoms with Gasteiger partial charge in [-0.25, -0.2) is 4.98 Å². The average Bonchev–Trinajstić information content (AvgIpc) is 2.46.